The van der Waals surface area contributed by atoms with Crippen LogP contribution in [0, 0.1) is 6.92 Å². The molecule has 0 saturated heterocycles. The highest BCUT2D eigenvalue weighted by atomic mass is 32.2. The minimum Gasteiger partial charge on any atom is -0.395 e. The number of thioether (sulfide) groups is 1. The number of anilines is 1. The molecule has 0 aliphatic carbocycles. The van der Waals surface area contributed by atoms with Crippen LogP contribution in [0.25, 0.3) is 10.9 Å². The van der Waals surface area contributed by atoms with Gasteiger partial charge in [0, 0.05) is 24.2 Å². The number of rotatable bonds is 6. The molecular formula is C15H20N4O2S. The number of fused-ring (bicyclic) bond motifs is 1. The Labute approximate surface area is 133 Å². The molecule has 3 N–H and O–H groups in total. The van der Waals surface area contributed by atoms with Crippen LogP contribution in [0.4, 0.5) is 5.95 Å². The number of hydrogen-bond donors (Lipinski definition) is 2. The summed E-state index contributed by atoms with van der Waals surface area (Å²) < 4.78 is 0. The van der Waals surface area contributed by atoms with Gasteiger partial charge in [0.25, 0.3) is 5.91 Å². The first kappa shape index (κ1) is 16.5. The number of aromatic nitrogens is 2. The van der Waals surface area contributed by atoms with Gasteiger partial charge in [-0.1, -0.05) is 11.6 Å². The molecule has 1 amide bonds. The number of amides is 1. The van der Waals surface area contributed by atoms with E-state index < -0.39 is 0 Å². The predicted molar refractivity (Wildman–Crippen MR) is 90.1 cm³/mol. The largest absolute Gasteiger partial charge is 0.395 e. The second-order valence-corrected chi connectivity index (χ2v) is 5.95. The van der Waals surface area contributed by atoms with E-state index in [1.165, 1.54) is 0 Å². The Hall–Kier alpha value is -1.86. The maximum absolute atomic E-state index is 12.8. The van der Waals surface area contributed by atoms with Crippen molar-refractivity contribution in [2.75, 3.05) is 37.4 Å². The first-order valence-corrected chi connectivity index (χ1v) is 8.39. The summed E-state index contributed by atoms with van der Waals surface area (Å²) in [5.74, 6) is 0.643. The lowest BCUT2D eigenvalue weighted by Gasteiger charge is -2.21. The first-order chi connectivity index (χ1) is 10.6. The van der Waals surface area contributed by atoms with E-state index in [2.05, 4.69) is 9.97 Å². The lowest BCUT2D eigenvalue weighted by atomic mass is 10.1. The summed E-state index contributed by atoms with van der Waals surface area (Å²) in [4.78, 5) is 22.7. The van der Waals surface area contributed by atoms with Crippen LogP contribution < -0.4 is 5.73 Å². The molecule has 2 aromatic rings. The van der Waals surface area contributed by atoms with E-state index in [9.17, 15) is 9.90 Å². The molecule has 7 heteroatoms. The van der Waals surface area contributed by atoms with Crippen LogP contribution in [0.1, 0.15) is 16.1 Å². The maximum atomic E-state index is 12.8. The third-order valence-electron chi connectivity index (χ3n) is 3.29. The summed E-state index contributed by atoms with van der Waals surface area (Å²) in [7, 11) is 0. The standard InChI is InChI=1S/C15H20N4O2S/c1-10-3-4-12-11(9-10)13(18-15(16)17-12)14(21)19(5-7-20)6-8-22-2/h3-4,9,20H,5-8H2,1-2H3,(H2,16,17,18). The van der Waals surface area contributed by atoms with Crippen LogP contribution >= 0.6 is 11.8 Å². The van der Waals surface area contributed by atoms with Gasteiger partial charge in [-0.25, -0.2) is 9.97 Å². The van der Waals surface area contributed by atoms with Crippen LogP contribution in [-0.2, 0) is 0 Å². The van der Waals surface area contributed by atoms with Crippen molar-refractivity contribution in [2.24, 2.45) is 0 Å². The molecule has 0 spiro atoms. The third kappa shape index (κ3) is 3.66. The number of nitrogens with zero attached hydrogens (tertiary/aromatic N) is 3. The second-order valence-electron chi connectivity index (χ2n) is 4.96. The molecule has 0 saturated carbocycles. The number of hydrogen-bond acceptors (Lipinski definition) is 6. The van der Waals surface area contributed by atoms with E-state index in [0.717, 1.165) is 11.3 Å². The third-order valence-corrected chi connectivity index (χ3v) is 3.88. The van der Waals surface area contributed by atoms with Crippen LogP contribution in [0.15, 0.2) is 18.2 Å². The molecule has 6 nitrogen and oxygen atoms in total. The molecule has 1 heterocycles. The normalized spacial score (nSPS) is 10.9. The number of benzene rings is 1. The fourth-order valence-electron chi connectivity index (χ4n) is 2.21. The van der Waals surface area contributed by atoms with Gasteiger partial charge in [0.2, 0.25) is 5.95 Å². The van der Waals surface area contributed by atoms with Crippen LogP contribution in [0.3, 0.4) is 0 Å². The summed E-state index contributed by atoms with van der Waals surface area (Å²) in [6, 6.07) is 5.63. The molecule has 0 unspecified atom stereocenters. The monoisotopic (exact) mass is 320 g/mol. The minimum absolute atomic E-state index is 0.0773. The Morgan fingerprint density at radius 2 is 2.14 bits per heavy atom. The number of carbonyl (C=O) groups is 1. The molecule has 0 radical (unpaired) electrons. The Bertz CT molecular complexity index is 678. The molecule has 1 aromatic heterocycles. The van der Waals surface area contributed by atoms with Gasteiger partial charge in [-0.05, 0) is 25.3 Å². The van der Waals surface area contributed by atoms with Crippen LogP contribution in [0.5, 0.6) is 0 Å². The molecule has 22 heavy (non-hydrogen) atoms. The number of aliphatic hydroxyl groups excluding tert-OH is 1. The van der Waals surface area contributed by atoms with Crippen molar-refractivity contribution in [1.29, 1.82) is 0 Å². The topological polar surface area (TPSA) is 92.3 Å². The van der Waals surface area contributed by atoms with E-state index >= 15 is 0 Å². The van der Waals surface area contributed by atoms with Crippen LogP contribution in [0.2, 0.25) is 0 Å². The number of aryl methyl sites for hydroxylation is 1. The quantitative estimate of drug-likeness (QED) is 0.834. The van der Waals surface area contributed by atoms with Gasteiger partial charge in [0.05, 0.1) is 12.1 Å². The summed E-state index contributed by atoms with van der Waals surface area (Å²) >= 11 is 1.64. The fraction of sp³-hybridized carbons (Fsp3) is 0.400. The molecule has 1 aromatic carbocycles. The smallest absolute Gasteiger partial charge is 0.273 e. The zero-order chi connectivity index (χ0) is 16.1. The average Bonchev–Trinajstić information content (AvgIpc) is 2.50. The zero-order valence-corrected chi connectivity index (χ0v) is 13.6. The Morgan fingerprint density at radius 3 is 2.82 bits per heavy atom. The summed E-state index contributed by atoms with van der Waals surface area (Å²) in [5.41, 5.74) is 7.69. The lowest BCUT2D eigenvalue weighted by molar-refractivity contribution is 0.0730. The molecular weight excluding hydrogens is 300 g/mol. The lowest BCUT2D eigenvalue weighted by Crippen LogP contribution is -2.36. The number of nitrogens with two attached hydrogens (primary N) is 1. The molecule has 0 atom stereocenters. The summed E-state index contributed by atoms with van der Waals surface area (Å²) in [5, 5.41) is 9.87. The van der Waals surface area contributed by atoms with Crippen molar-refractivity contribution in [2.45, 2.75) is 6.92 Å². The molecule has 0 bridgehead atoms. The van der Waals surface area contributed by atoms with E-state index in [1.807, 2.05) is 31.4 Å². The van der Waals surface area contributed by atoms with Crippen molar-refractivity contribution >= 4 is 34.5 Å². The van der Waals surface area contributed by atoms with Crippen LogP contribution in [-0.4, -0.2) is 57.6 Å². The van der Waals surface area contributed by atoms with Gasteiger partial charge in [0.15, 0.2) is 0 Å². The van der Waals surface area contributed by atoms with E-state index in [1.54, 1.807) is 16.7 Å². The average molecular weight is 320 g/mol. The highest BCUT2D eigenvalue weighted by Gasteiger charge is 2.20. The van der Waals surface area contributed by atoms with Gasteiger partial charge in [-0.15, -0.1) is 0 Å². The molecule has 0 aliphatic heterocycles. The molecule has 0 fully saturated rings. The molecule has 2 rings (SSSR count). The molecule has 118 valence electrons. The van der Waals surface area contributed by atoms with Gasteiger partial charge in [-0.2, -0.15) is 11.8 Å². The van der Waals surface area contributed by atoms with Crippen molar-refractivity contribution in [3.63, 3.8) is 0 Å². The second kappa shape index (κ2) is 7.42. The van der Waals surface area contributed by atoms with Crippen molar-refractivity contribution in [1.82, 2.24) is 14.9 Å². The highest BCUT2D eigenvalue weighted by Crippen LogP contribution is 2.20. The minimum atomic E-state index is -0.229. The molecule has 0 aliphatic rings. The number of aliphatic hydroxyl groups is 1. The highest BCUT2D eigenvalue weighted by molar-refractivity contribution is 7.98. The Balaban J connectivity index is 2.46. The predicted octanol–water partition coefficient (Wildman–Crippen LogP) is 1.32. The van der Waals surface area contributed by atoms with Gasteiger partial charge >= 0.3 is 0 Å². The van der Waals surface area contributed by atoms with Crippen molar-refractivity contribution in [3.05, 3.63) is 29.5 Å². The Kier molecular flexibility index (Phi) is 5.57. The van der Waals surface area contributed by atoms with Gasteiger partial charge < -0.3 is 15.7 Å². The van der Waals surface area contributed by atoms with Gasteiger partial charge in [-0.3, -0.25) is 4.79 Å². The first-order valence-electron chi connectivity index (χ1n) is 6.99. The van der Waals surface area contributed by atoms with E-state index in [4.69, 9.17) is 5.73 Å². The van der Waals surface area contributed by atoms with Crippen molar-refractivity contribution in [3.8, 4) is 0 Å². The summed E-state index contributed by atoms with van der Waals surface area (Å²) in [6.45, 7) is 2.69. The number of carbonyl (C=O) groups excluding carboxylic acids is 1. The summed E-state index contributed by atoms with van der Waals surface area (Å²) in [6.07, 6.45) is 1.98. The fourth-order valence-corrected chi connectivity index (χ4v) is 2.61. The van der Waals surface area contributed by atoms with E-state index in [0.29, 0.717) is 23.1 Å². The van der Waals surface area contributed by atoms with Gasteiger partial charge in [0.1, 0.15) is 5.69 Å². The maximum Gasteiger partial charge on any atom is 0.273 e. The van der Waals surface area contributed by atoms with E-state index in [-0.39, 0.29) is 25.0 Å². The Morgan fingerprint density at radius 1 is 1.36 bits per heavy atom. The number of nitrogen functional groups attached to an aromatic ring is 1. The SMILES string of the molecule is CSCCN(CCO)C(=O)c1nc(N)nc2ccc(C)cc12. The van der Waals surface area contributed by atoms with Crippen molar-refractivity contribution < 1.29 is 9.90 Å². The zero-order valence-electron chi connectivity index (χ0n) is 12.7.